The number of hydrogen-bond donors (Lipinski definition) is 1. The topological polar surface area (TPSA) is 104 Å². The molecule has 1 heterocycles. The molecule has 1 saturated heterocycles. The molecule has 1 amide bonds. The molecule has 0 aromatic heterocycles. The van der Waals surface area contributed by atoms with Crippen molar-refractivity contribution in [3.8, 4) is 0 Å². The van der Waals surface area contributed by atoms with Crippen molar-refractivity contribution in [2.45, 2.75) is 0 Å². The fraction of sp³-hybridized carbons (Fsp3) is 0.250. The lowest BCUT2D eigenvalue weighted by Crippen LogP contribution is -2.50. The van der Waals surface area contributed by atoms with Crippen LogP contribution in [0.1, 0.15) is 15.9 Å². The van der Waals surface area contributed by atoms with E-state index in [9.17, 15) is 21.6 Å². The van der Waals surface area contributed by atoms with Crippen LogP contribution in [0.15, 0.2) is 53.9 Å². The molecule has 2 aromatic carbocycles. The second kappa shape index (κ2) is 9.39. The minimum atomic E-state index is -3.61. The second-order valence-electron chi connectivity index (χ2n) is 7.02. The molecule has 0 saturated carbocycles. The summed E-state index contributed by atoms with van der Waals surface area (Å²) in [4.78, 5) is 14.3. The number of halogens is 1. The summed E-state index contributed by atoms with van der Waals surface area (Å²) in [5, 5.41) is 1.34. The SMILES string of the molecule is CS(=O)(=O)Nc1cc(C(=O)N2CCN(S(=O)(=O)/C=C/c3ccccc3)CC2)ccc1Cl. The molecule has 1 fully saturated rings. The number of nitrogens with zero attached hydrogens (tertiary/aromatic N) is 2. The summed E-state index contributed by atoms with van der Waals surface area (Å²) in [6.07, 6.45) is 2.53. The lowest BCUT2D eigenvalue weighted by atomic mass is 10.1. The molecule has 166 valence electrons. The Labute approximate surface area is 187 Å². The molecule has 0 atom stereocenters. The van der Waals surface area contributed by atoms with E-state index in [1.54, 1.807) is 0 Å². The zero-order valence-corrected chi connectivity index (χ0v) is 19.1. The van der Waals surface area contributed by atoms with Crippen LogP contribution in [0.25, 0.3) is 6.08 Å². The maximum absolute atomic E-state index is 12.8. The first-order valence-corrected chi connectivity index (χ1v) is 13.1. The third-order valence-electron chi connectivity index (χ3n) is 4.63. The Balaban J connectivity index is 1.66. The number of amides is 1. The number of nitrogens with one attached hydrogen (secondary N) is 1. The predicted molar refractivity (Wildman–Crippen MR) is 122 cm³/mol. The van der Waals surface area contributed by atoms with Crippen molar-refractivity contribution in [2.75, 3.05) is 37.2 Å². The normalized spacial score (nSPS) is 15.9. The molecule has 2 aromatic rings. The lowest BCUT2D eigenvalue weighted by Gasteiger charge is -2.33. The summed E-state index contributed by atoms with van der Waals surface area (Å²) >= 11 is 6.00. The molecule has 0 spiro atoms. The highest BCUT2D eigenvalue weighted by Crippen LogP contribution is 2.25. The molecule has 1 aliphatic rings. The van der Waals surface area contributed by atoms with Crippen molar-refractivity contribution >= 4 is 49.3 Å². The van der Waals surface area contributed by atoms with Crippen molar-refractivity contribution < 1.29 is 21.6 Å². The van der Waals surface area contributed by atoms with Gasteiger partial charge in [-0.3, -0.25) is 9.52 Å². The lowest BCUT2D eigenvalue weighted by molar-refractivity contribution is 0.0698. The summed E-state index contributed by atoms with van der Waals surface area (Å²) < 4.78 is 51.7. The third kappa shape index (κ3) is 6.30. The van der Waals surface area contributed by atoms with Gasteiger partial charge >= 0.3 is 0 Å². The zero-order valence-electron chi connectivity index (χ0n) is 16.7. The Morgan fingerprint density at radius 1 is 1.00 bits per heavy atom. The Hall–Kier alpha value is -2.40. The van der Waals surface area contributed by atoms with Gasteiger partial charge in [-0.2, -0.15) is 4.31 Å². The van der Waals surface area contributed by atoms with Gasteiger partial charge in [-0.25, -0.2) is 16.8 Å². The molecule has 0 bridgehead atoms. The van der Waals surface area contributed by atoms with Crippen molar-refractivity contribution in [3.05, 3.63) is 70.1 Å². The number of carbonyl (C=O) groups is 1. The smallest absolute Gasteiger partial charge is 0.254 e. The average Bonchev–Trinajstić information content (AvgIpc) is 2.73. The first kappa shape index (κ1) is 23.3. The Morgan fingerprint density at radius 3 is 2.26 bits per heavy atom. The summed E-state index contributed by atoms with van der Waals surface area (Å²) in [6, 6.07) is 13.4. The van der Waals surface area contributed by atoms with Crippen LogP contribution >= 0.6 is 11.6 Å². The Morgan fingerprint density at radius 2 is 1.65 bits per heavy atom. The van der Waals surface area contributed by atoms with Crippen LogP contribution < -0.4 is 4.72 Å². The van der Waals surface area contributed by atoms with Gasteiger partial charge in [-0.05, 0) is 29.8 Å². The average molecular weight is 484 g/mol. The number of sulfonamides is 2. The van der Waals surface area contributed by atoms with Crippen LogP contribution in [0.5, 0.6) is 0 Å². The summed E-state index contributed by atoms with van der Waals surface area (Å²) in [6.45, 7) is 0.758. The van der Waals surface area contributed by atoms with Crippen LogP contribution in [0.3, 0.4) is 0 Å². The minimum Gasteiger partial charge on any atom is -0.336 e. The molecule has 0 unspecified atom stereocenters. The fourth-order valence-electron chi connectivity index (χ4n) is 3.08. The molecule has 0 radical (unpaired) electrons. The number of benzene rings is 2. The van der Waals surface area contributed by atoms with Gasteiger partial charge in [0.1, 0.15) is 0 Å². The van der Waals surface area contributed by atoms with Crippen LogP contribution in [0.4, 0.5) is 5.69 Å². The molecule has 31 heavy (non-hydrogen) atoms. The number of carbonyl (C=O) groups excluding carboxylic acids is 1. The highest BCUT2D eigenvalue weighted by atomic mass is 35.5. The van der Waals surface area contributed by atoms with Gasteiger partial charge in [-0.1, -0.05) is 41.9 Å². The summed E-state index contributed by atoms with van der Waals surface area (Å²) in [7, 11) is -7.16. The maximum atomic E-state index is 12.8. The van der Waals surface area contributed by atoms with Crippen LogP contribution in [-0.2, 0) is 20.0 Å². The van der Waals surface area contributed by atoms with Gasteiger partial charge in [0.15, 0.2) is 0 Å². The van der Waals surface area contributed by atoms with E-state index < -0.39 is 20.0 Å². The second-order valence-corrected chi connectivity index (χ2v) is 11.0. The van der Waals surface area contributed by atoms with Gasteiger partial charge in [0.2, 0.25) is 20.0 Å². The number of anilines is 1. The molecule has 8 nitrogen and oxygen atoms in total. The van der Waals surface area contributed by atoms with Gasteiger partial charge in [0.25, 0.3) is 5.91 Å². The first-order chi connectivity index (χ1) is 14.5. The maximum Gasteiger partial charge on any atom is 0.254 e. The fourth-order valence-corrected chi connectivity index (χ4v) is 5.04. The van der Waals surface area contributed by atoms with E-state index in [1.807, 2.05) is 30.3 Å². The Bertz CT molecular complexity index is 1190. The largest absolute Gasteiger partial charge is 0.336 e. The quantitative estimate of drug-likeness (QED) is 0.679. The highest BCUT2D eigenvalue weighted by molar-refractivity contribution is 7.92. The van der Waals surface area contributed by atoms with Gasteiger partial charge < -0.3 is 4.90 Å². The van der Waals surface area contributed by atoms with Crippen LogP contribution in [-0.4, -0.2) is 64.4 Å². The minimum absolute atomic E-state index is 0.113. The van der Waals surface area contributed by atoms with Crippen LogP contribution in [0, 0.1) is 0 Å². The number of rotatable bonds is 6. The van der Waals surface area contributed by atoms with E-state index in [2.05, 4.69) is 4.72 Å². The molecule has 3 rings (SSSR count). The van der Waals surface area contributed by atoms with E-state index >= 15 is 0 Å². The predicted octanol–water partition coefficient (Wildman–Crippen LogP) is 2.47. The van der Waals surface area contributed by atoms with Crippen molar-refractivity contribution in [3.63, 3.8) is 0 Å². The highest BCUT2D eigenvalue weighted by Gasteiger charge is 2.28. The monoisotopic (exact) mass is 483 g/mol. The van der Waals surface area contributed by atoms with Crippen LogP contribution in [0.2, 0.25) is 5.02 Å². The van der Waals surface area contributed by atoms with Gasteiger partial charge in [0, 0.05) is 37.2 Å². The van der Waals surface area contributed by atoms with E-state index in [-0.39, 0.29) is 48.4 Å². The van der Waals surface area contributed by atoms with E-state index in [0.29, 0.717) is 0 Å². The Kier molecular flexibility index (Phi) is 7.05. The number of hydrogen-bond acceptors (Lipinski definition) is 5. The van der Waals surface area contributed by atoms with E-state index in [1.165, 1.54) is 38.9 Å². The van der Waals surface area contributed by atoms with Crippen molar-refractivity contribution in [1.82, 2.24) is 9.21 Å². The zero-order chi connectivity index (χ0) is 22.6. The summed E-state index contributed by atoms with van der Waals surface area (Å²) in [5.74, 6) is -0.329. The third-order valence-corrected chi connectivity index (χ3v) is 7.11. The van der Waals surface area contributed by atoms with Crippen molar-refractivity contribution in [2.24, 2.45) is 0 Å². The van der Waals surface area contributed by atoms with E-state index in [0.717, 1.165) is 11.8 Å². The molecular weight excluding hydrogens is 462 g/mol. The molecular formula is C20H22ClN3O5S2. The molecule has 1 aliphatic heterocycles. The molecule has 1 N–H and O–H groups in total. The van der Waals surface area contributed by atoms with Gasteiger partial charge in [0.05, 0.1) is 17.0 Å². The standard InChI is InChI=1S/C20H22ClN3O5S2/c1-30(26,27)22-19-15-17(7-8-18(19)21)20(25)23-10-12-24(13-11-23)31(28,29)14-9-16-5-3-2-4-6-16/h2-9,14-15,22H,10-13H2,1H3/b14-9+. The molecule has 11 heteroatoms. The van der Waals surface area contributed by atoms with Crippen molar-refractivity contribution in [1.29, 1.82) is 0 Å². The van der Waals surface area contributed by atoms with E-state index in [4.69, 9.17) is 11.6 Å². The first-order valence-electron chi connectivity index (χ1n) is 9.35. The summed E-state index contributed by atoms with van der Waals surface area (Å²) in [5.41, 5.74) is 1.15. The molecule has 0 aliphatic carbocycles. The van der Waals surface area contributed by atoms with Gasteiger partial charge in [-0.15, -0.1) is 0 Å². The number of piperazine rings is 1.